The zero-order valence-corrected chi connectivity index (χ0v) is 12.1. The van der Waals surface area contributed by atoms with Crippen LogP contribution >= 0.6 is 0 Å². The van der Waals surface area contributed by atoms with Gasteiger partial charge in [-0.25, -0.2) is 0 Å². The van der Waals surface area contributed by atoms with Gasteiger partial charge >= 0.3 is 0 Å². The quantitative estimate of drug-likeness (QED) is 0.871. The average molecular weight is 244 g/mol. The van der Waals surface area contributed by atoms with Crippen LogP contribution in [0.3, 0.4) is 0 Å². The average Bonchev–Trinajstić information content (AvgIpc) is 2.63. The van der Waals surface area contributed by atoms with Crippen LogP contribution in [0.5, 0.6) is 0 Å². The van der Waals surface area contributed by atoms with Gasteiger partial charge in [0.05, 0.1) is 0 Å². The van der Waals surface area contributed by atoms with Crippen molar-refractivity contribution in [3.05, 3.63) is 36.0 Å². The van der Waals surface area contributed by atoms with E-state index in [9.17, 15) is 0 Å². The molecule has 18 heavy (non-hydrogen) atoms. The molecule has 0 aliphatic rings. The molecule has 0 saturated heterocycles. The Morgan fingerprint density at radius 2 is 1.89 bits per heavy atom. The zero-order valence-electron chi connectivity index (χ0n) is 12.1. The molecule has 0 bridgehead atoms. The van der Waals surface area contributed by atoms with Crippen molar-refractivity contribution in [3.8, 4) is 0 Å². The van der Waals surface area contributed by atoms with Crippen LogP contribution in [0, 0.1) is 5.41 Å². The van der Waals surface area contributed by atoms with Gasteiger partial charge in [0.2, 0.25) is 0 Å². The van der Waals surface area contributed by atoms with E-state index in [0.717, 1.165) is 6.54 Å². The van der Waals surface area contributed by atoms with E-state index in [1.807, 2.05) is 0 Å². The first kappa shape index (κ1) is 13.2. The Bertz CT molecular complexity index is 532. The molecule has 1 aromatic carbocycles. The number of rotatable bonds is 3. The molecule has 0 spiro atoms. The molecule has 0 saturated carbocycles. The topological polar surface area (TPSA) is 17.0 Å². The van der Waals surface area contributed by atoms with Gasteiger partial charge in [-0.2, -0.15) is 0 Å². The van der Waals surface area contributed by atoms with Crippen LogP contribution < -0.4 is 5.32 Å². The fourth-order valence-corrected chi connectivity index (χ4v) is 2.14. The molecule has 2 nitrogen and oxygen atoms in total. The molecule has 1 aromatic heterocycles. The van der Waals surface area contributed by atoms with Gasteiger partial charge in [-0.15, -0.1) is 0 Å². The summed E-state index contributed by atoms with van der Waals surface area (Å²) >= 11 is 0. The highest BCUT2D eigenvalue weighted by atomic mass is 14.9. The molecule has 2 heteroatoms. The number of para-hydroxylation sites is 1. The van der Waals surface area contributed by atoms with E-state index in [1.54, 1.807) is 0 Å². The predicted molar refractivity (Wildman–Crippen MR) is 78.7 cm³/mol. The van der Waals surface area contributed by atoms with Crippen LogP contribution in [-0.4, -0.2) is 10.6 Å². The van der Waals surface area contributed by atoms with E-state index in [2.05, 4.69) is 75.1 Å². The summed E-state index contributed by atoms with van der Waals surface area (Å²) in [5.74, 6) is 0. The lowest BCUT2D eigenvalue weighted by molar-refractivity contribution is 0.285. The summed E-state index contributed by atoms with van der Waals surface area (Å²) in [6.45, 7) is 10.0. The lowest BCUT2D eigenvalue weighted by Crippen LogP contribution is -2.37. The van der Waals surface area contributed by atoms with Gasteiger partial charge in [-0.1, -0.05) is 39.0 Å². The van der Waals surface area contributed by atoms with E-state index >= 15 is 0 Å². The largest absolute Gasteiger partial charge is 0.350 e. The molecule has 2 aromatic rings. The lowest BCUT2D eigenvalue weighted by Gasteiger charge is -2.28. The third kappa shape index (κ3) is 2.59. The minimum Gasteiger partial charge on any atom is -0.350 e. The Morgan fingerprint density at radius 3 is 2.56 bits per heavy atom. The molecular weight excluding hydrogens is 220 g/mol. The SMILES string of the molecule is CC(NCc1cn(C)c2ccccc12)C(C)(C)C. The van der Waals surface area contributed by atoms with Crippen molar-refractivity contribution in [3.63, 3.8) is 0 Å². The normalized spacial score (nSPS) is 14.1. The molecule has 0 aliphatic heterocycles. The summed E-state index contributed by atoms with van der Waals surface area (Å²) in [5, 5.41) is 4.99. The van der Waals surface area contributed by atoms with Crippen molar-refractivity contribution >= 4 is 10.9 Å². The monoisotopic (exact) mass is 244 g/mol. The first-order valence-corrected chi connectivity index (χ1v) is 6.66. The van der Waals surface area contributed by atoms with Crippen LogP contribution in [-0.2, 0) is 13.6 Å². The van der Waals surface area contributed by atoms with Crippen LogP contribution in [0.15, 0.2) is 30.5 Å². The van der Waals surface area contributed by atoms with Crippen LogP contribution in [0.1, 0.15) is 33.3 Å². The van der Waals surface area contributed by atoms with Crippen molar-refractivity contribution in [2.75, 3.05) is 0 Å². The maximum Gasteiger partial charge on any atom is 0.0481 e. The Balaban J connectivity index is 2.18. The summed E-state index contributed by atoms with van der Waals surface area (Å²) in [7, 11) is 2.11. The molecule has 0 radical (unpaired) electrons. The number of nitrogens with zero attached hydrogens (tertiary/aromatic N) is 1. The van der Waals surface area contributed by atoms with E-state index in [-0.39, 0.29) is 0 Å². The van der Waals surface area contributed by atoms with Gasteiger partial charge in [0.15, 0.2) is 0 Å². The Kier molecular flexibility index (Phi) is 3.49. The number of fused-ring (bicyclic) bond motifs is 1. The molecule has 0 aliphatic carbocycles. The van der Waals surface area contributed by atoms with Crippen molar-refractivity contribution in [1.82, 2.24) is 9.88 Å². The first-order valence-electron chi connectivity index (χ1n) is 6.66. The van der Waals surface area contributed by atoms with Gasteiger partial charge in [-0.3, -0.25) is 0 Å². The van der Waals surface area contributed by atoms with Crippen LogP contribution in [0.25, 0.3) is 10.9 Å². The van der Waals surface area contributed by atoms with Crippen molar-refractivity contribution < 1.29 is 0 Å². The summed E-state index contributed by atoms with van der Waals surface area (Å²) in [6, 6.07) is 9.08. The van der Waals surface area contributed by atoms with Crippen LogP contribution in [0.4, 0.5) is 0 Å². The summed E-state index contributed by atoms with van der Waals surface area (Å²) in [6.07, 6.45) is 2.23. The number of aryl methyl sites for hydroxylation is 1. The third-order valence-electron chi connectivity index (χ3n) is 3.88. The summed E-state index contributed by atoms with van der Waals surface area (Å²) in [4.78, 5) is 0. The Morgan fingerprint density at radius 1 is 1.22 bits per heavy atom. The maximum absolute atomic E-state index is 3.63. The van der Waals surface area contributed by atoms with Gasteiger partial charge in [-0.05, 0) is 24.0 Å². The van der Waals surface area contributed by atoms with Gasteiger partial charge in [0.25, 0.3) is 0 Å². The highest BCUT2D eigenvalue weighted by Gasteiger charge is 2.19. The third-order valence-corrected chi connectivity index (χ3v) is 3.88. The molecular formula is C16H24N2. The Labute approximate surface area is 110 Å². The minimum absolute atomic E-state index is 0.296. The summed E-state index contributed by atoms with van der Waals surface area (Å²) < 4.78 is 2.20. The van der Waals surface area contributed by atoms with Crippen LogP contribution in [0.2, 0.25) is 0 Å². The number of hydrogen-bond donors (Lipinski definition) is 1. The number of benzene rings is 1. The lowest BCUT2D eigenvalue weighted by atomic mass is 9.88. The zero-order chi connectivity index (χ0) is 13.3. The second kappa shape index (κ2) is 4.77. The van der Waals surface area contributed by atoms with E-state index in [0.29, 0.717) is 11.5 Å². The molecule has 0 amide bonds. The molecule has 1 heterocycles. The molecule has 2 rings (SSSR count). The molecule has 1 N–H and O–H groups in total. The molecule has 1 atom stereocenters. The maximum atomic E-state index is 3.63. The van der Waals surface area contributed by atoms with E-state index in [4.69, 9.17) is 0 Å². The molecule has 0 fully saturated rings. The molecule has 98 valence electrons. The van der Waals surface area contributed by atoms with E-state index in [1.165, 1.54) is 16.5 Å². The highest BCUT2D eigenvalue weighted by Crippen LogP contribution is 2.22. The van der Waals surface area contributed by atoms with Crippen molar-refractivity contribution in [2.24, 2.45) is 12.5 Å². The number of aromatic nitrogens is 1. The second-order valence-electron chi connectivity index (χ2n) is 6.25. The van der Waals surface area contributed by atoms with Crippen molar-refractivity contribution in [1.29, 1.82) is 0 Å². The smallest absolute Gasteiger partial charge is 0.0481 e. The van der Waals surface area contributed by atoms with Gasteiger partial charge in [0, 0.05) is 36.7 Å². The number of nitrogens with one attached hydrogen (secondary N) is 1. The number of hydrogen-bond acceptors (Lipinski definition) is 1. The van der Waals surface area contributed by atoms with E-state index < -0.39 is 0 Å². The standard InChI is InChI=1S/C16H24N2/c1-12(16(2,3)4)17-10-13-11-18(5)15-9-7-6-8-14(13)15/h6-9,11-12,17H,10H2,1-5H3. The summed E-state index contributed by atoms with van der Waals surface area (Å²) in [5.41, 5.74) is 2.98. The fourth-order valence-electron chi connectivity index (χ4n) is 2.14. The highest BCUT2D eigenvalue weighted by molar-refractivity contribution is 5.83. The van der Waals surface area contributed by atoms with Gasteiger partial charge in [0.1, 0.15) is 0 Å². The van der Waals surface area contributed by atoms with Crippen molar-refractivity contribution in [2.45, 2.75) is 40.3 Å². The minimum atomic E-state index is 0.296. The molecule has 1 unspecified atom stereocenters. The first-order chi connectivity index (χ1) is 8.39. The second-order valence-corrected chi connectivity index (χ2v) is 6.25. The Hall–Kier alpha value is -1.28. The fraction of sp³-hybridized carbons (Fsp3) is 0.500. The van der Waals surface area contributed by atoms with Gasteiger partial charge < -0.3 is 9.88 Å². The predicted octanol–water partition coefficient (Wildman–Crippen LogP) is 3.70.